The molecular weight excluding hydrogens is 276 g/mol. The molecule has 1 saturated heterocycles. The number of hydrogen-bond donors (Lipinski definition) is 1. The third-order valence-electron chi connectivity index (χ3n) is 3.26. The van der Waals surface area contributed by atoms with Crippen LogP contribution in [0.4, 0.5) is 8.78 Å². The number of halogens is 3. The van der Waals surface area contributed by atoms with E-state index in [4.69, 9.17) is 0 Å². The molecule has 1 atom stereocenters. The maximum Gasteiger partial charge on any atom is 0.145 e. The SMILES string of the molecule is Cc1cc(Br)c(F)c(C2(C)CCCN2)c1F. The van der Waals surface area contributed by atoms with E-state index in [1.54, 1.807) is 6.92 Å². The van der Waals surface area contributed by atoms with Gasteiger partial charge in [0.1, 0.15) is 11.6 Å². The number of benzene rings is 1. The molecule has 1 aliphatic heterocycles. The Balaban J connectivity index is 2.63. The topological polar surface area (TPSA) is 12.0 Å². The van der Waals surface area contributed by atoms with E-state index >= 15 is 0 Å². The Labute approximate surface area is 102 Å². The summed E-state index contributed by atoms with van der Waals surface area (Å²) in [4.78, 5) is 0. The highest BCUT2D eigenvalue weighted by atomic mass is 79.9. The molecule has 1 aliphatic rings. The summed E-state index contributed by atoms with van der Waals surface area (Å²) >= 11 is 3.13. The Morgan fingerprint density at radius 3 is 2.62 bits per heavy atom. The van der Waals surface area contributed by atoms with Crippen molar-refractivity contribution >= 4 is 15.9 Å². The third-order valence-corrected chi connectivity index (χ3v) is 3.84. The van der Waals surface area contributed by atoms with Gasteiger partial charge in [0.25, 0.3) is 0 Å². The van der Waals surface area contributed by atoms with Crippen LogP contribution in [0, 0.1) is 18.6 Å². The molecule has 1 aromatic rings. The summed E-state index contributed by atoms with van der Waals surface area (Å²) in [6.45, 7) is 4.32. The van der Waals surface area contributed by atoms with Crippen LogP contribution >= 0.6 is 15.9 Å². The van der Waals surface area contributed by atoms with Crippen molar-refractivity contribution in [3.63, 3.8) is 0 Å². The van der Waals surface area contributed by atoms with Crippen LogP contribution in [-0.2, 0) is 5.54 Å². The van der Waals surface area contributed by atoms with E-state index in [1.807, 2.05) is 6.92 Å². The number of rotatable bonds is 1. The molecule has 0 spiro atoms. The van der Waals surface area contributed by atoms with Crippen molar-refractivity contribution in [2.24, 2.45) is 0 Å². The van der Waals surface area contributed by atoms with E-state index in [0.29, 0.717) is 10.0 Å². The third kappa shape index (κ3) is 1.78. The lowest BCUT2D eigenvalue weighted by Crippen LogP contribution is -2.35. The van der Waals surface area contributed by atoms with E-state index in [2.05, 4.69) is 21.2 Å². The van der Waals surface area contributed by atoms with E-state index < -0.39 is 17.2 Å². The second kappa shape index (κ2) is 4.08. The Morgan fingerprint density at radius 2 is 2.06 bits per heavy atom. The van der Waals surface area contributed by atoms with E-state index in [0.717, 1.165) is 19.4 Å². The second-order valence-corrected chi connectivity index (χ2v) is 5.40. The monoisotopic (exact) mass is 289 g/mol. The summed E-state index contributed by atoms with van der Waals surface area (Å²) < 4.78 is 28.4. The predicted octanol–water partition coefficient (Wildman–Crippen LogP) is 3.63. The minimum absolute atomic E-state index is 0.164. The fourth-order valence-corrected chi connectivity index (χ4v) is 2.86. The molecule has 88 valence electrons. The molecule has 0 radical (unpaired) electrons. The van der Waals surface area contributed by atoms with Gasteiger partial charge in [-0.1, -0.05) is 0 Å². The fourth-order valence-electron chi connectivity index (χ4n) is 2.32. The predicted molar refractivity (Wildman–Crippen MR) is 63.4 cm³/mol. The summed E-state index contributed by atoms with van der Waals surface area (Å²) in [6, 6.07) is 1.48. The molecule has 1 aromatic carbocycles. The molecule has 1 unspecified atom stereocenters. The van der Waals surface area contributed by atoms with Crippen molar-refractivity contribution in [3.05, 3.63) is 33.3 Å². The summed E-state index contributed by atoms with van der Waals surface area (Å²) in [7, 11) is 0. The average molecular weight is 290 g/mol. The highest BCUT2D eigenvalue weighted by molar-refractivity contribution is 9.10. The van der Waals surface area contributed by atoms with Crippen LogP contribution in [0.25, 0.3) is 0 Å². The van der Waals surface area contributed by atoms with E-state index in [-0.39, 0.29) is 5.56 Å². The molecule has 16 heavy (non-hydrogen) atoms. The van der Waals surface area contributed by atoms with E-state index in [1.165, 1.54) is 6.07 Å². The lowest BCUT2D eigenvalue weighted by Gasteiger charge is -2.27. The van der Waals surface area contributed by atoms with Crippen LogP contribution in [0.15, 0.2) is 10.5 Å². The van der Waals surface area contributed by atoms with Crippen LogP contribution in [0.1, 0.15) is 30.9 Å². The molecule has 0 aromatic heterocycles. The Hall–Kier alpha value is -0.480. The smallest absolute Gasteiger partial charge is 0.145 e. The van der Waals surface area contributed by atoms with E-state index in [9.17, 15) is 8.78 Å². The van der Waals surface area contributed by atoms with Crippen molar-refractivity contribution in [1.29, 1.82) is 0 Å². The summed E-state index contributed by atoms with van der Waals surface area (Å²) in [5.41, 5.74) is 0.0537. The largest absolute Gasteiger partial charge is 0.307 e. The molecule has 0 saturated carbocycles. The van der Waals surface area contributed by atoms with Gasteiger partial charge in [-0.3, -0.25) is 0 Å². The van der Waals surface area contributed by atoms with Gasteiger partial charge in [-0.05, 0) is 60.8 Å². The zero-order chi connectivity index (χ0) is 11.9. The molecule has 1 fully saturated rings. The van der Waals surface area contributed by atoms with Crippen molar-refractivity contribution in [2.75, 3.05) is 6.54 Å². The summed E-state index contributed by atoms with van der Waals surface area (Å²) in [5.74, 6) is -0.919. The number of nitrogens with one attached hydrogen (secondary N) is 1. The van der Waals surface area contributed by atoms with Crippen molar-refractivity contribution < 1.29 is 8.78 Å². The Kier molecular flexibility index (Phi) is 3.05. The second-order valence-electron chi connectivity index (χ2n) is 4.54. The molecular formula is C12H14BrF2N. The van der Waals surface area contributed by atoms with Gasteiger partial charge < -0.3 is 5.32 Å². The number of hydrogen-bond acceptors (Lipinski definition) is 1. The standard InChI is InChI=1S/C12H14BrF2N/c1-7-6-8(13)11(15)9(10(7)14)12(2)4-3-5-16-12/h6,16H,3-5H2,1-2H3. The highest BCUT2D eigenvalue weighted by Gasteiger charge is 2.36. The van der Waals surface area contributed by atoms with Crippen LogP contribution in [0.2, 0.25) is 0 Å². The summed E-state index contributed by atoms with van der Waals surface area (Å²) in [5, 5.41) is 3.18. The van der Waals surface area contributed by atoms with Crippen molar-refractivity contribution in [1.82, 2.24) is 5.32 Å². The van der Waals surface area contributed by atoms with Crippen LogP contribution < -0.4 is 5.32 Å². The zero-order valence-corrected chi connectivity index (χ0v) is 10.9. The van der Waals surface area contributed by atoms with Gasteiger partial charge >= 0.3 is 0 Å². The van der Waals surface area contributed by atoms with Crippen LogP contribution in [-0.4, -0.2) is 6.54 Å². The van der Waals surface area contributed by atoms with Gasteiger partial charge in [-0.25, -0.2) is 8.78 Å². The van der Waals surface area contributed by atoms with Crippen LogP contribution in [0.5, 0.6) is 0 Å². The van der Waals surface area contributed by atoms with Gasteiger partial charge in [0.2, 0.25) is 0 Å². The lowest BCUT2D eigenvalue weighted by atomic mass is 9.88. The van der Waals surface area contributed by atoms with Gasteiger partial charge in [0.15, 0.2) is 0 Å². The Bertz CT molecular complexity index is 399. The van der Waals surface area contributed by atoms with Gasteiger partial charge in [-0.15, -0.1) is 0 Å². The number of aryl methyl sites for hydroxylation is 1. The minimum atomic E-state index is -0.581. The Morgan fingerprint density at radius 1 is 1.38 bits per heavy atom. The van der Waals surface area contributed by atoms with Crippen molar-refractivity contribution in [3.8, 4) is 0 Å². The van der Waals surface area contributed by atoms with Crippen LogP contribution in [0.3, 0.4) is 0 Å². The molecule has 1 N–H and O–H groups in total. The first-order valence-corrected chi connectivity index (χ1v) is 6.14. The summed E-state index contributed by atoms with van der Waals surface area (Å²) in [6.07, 6.45) is 1.71. The average Bonchev–Trinajstić information content (AvgIpc) is 2.63. The van der Waals surface area contributed by atoms with Gasteiger partial charge in [0, 0.05) is 11.1 Å². The fraction of sp³-hybridized carbons (Fsp3) is 0.500. The minimum Gasteiger partial charge on any atom is -0.307 e. The van der Waals surface area contributed by atoms with Gasteiger partial charge in [-0.2, -0.15) is 0 Å². The molecule has 0 bridgehead atoms. The molecule has 0 aliphatic carbocycles. The first kappa shape index (κ1) is 12.0. The first-order valence-electron chi connectivity index (χ1n) is 5.35. The first-order chi connectivity index (χ1) is 7.46. The zero-order valence-electron chi connectivity index (χ0n) is 9.33. The molecule has 2 rings (SSSR count). The molecule has 1 heterocycles. The maximum atomic E-state index is 14.0. The lowest BCUT2D eigenvalue weighted by molar-refractivity contribution is 0.383. The molecule has 0 amide bonds. The van der Waals surface area contributed by atoms with Gasteiger partial charge in [0.05, 0.1) is 4.47 Å². The normalized spacial score (nSPS) is 25.1. The molecule has 1 nitrogen and oxygen atoms in total. The van der Waals surface area contributed by atoms with Crippen molar-refractivity contribution in [2.45, 2.75) is 32.2 Å². The molecule has 4 heteroatoms. The maximum absolute atomic E-state index is 14.0. The quantitative estimate of drug-likeness (QED) is 0.779. The highest BCUT2D eigenvalue weighted by Crippen LogP contribution is 2.37.